The van der Waals surface area contributed by atoms with Crippen molar-refractivity contribution in [3.63, 3.8) is 0 Å². The maximum Gasteiger partial charge on any atom is 0.180 e. The molecule has 0 spiro atoms. The molecule has 0 aliphatic carbocycles. The molecule has 2 N–H and O–H groups in total. The second kappa shape index (κ2) is 4.97. The highest BCUT2D eigenvalue weighted by Crippen LogP contribution is 2.64. The van der Waals surface area contributed by atoms with Crippen LogP contribution in [0.25, 0.3) is 10.8 Å². The van der Waals surface area contributed by atoms with Gasteiger partial charge in [-0.25, -0.2) is 0 Å². The molecule has 0 saturated heterocycles. The first kappa shape index (κ1) is 16.2. The van der Waals surface area contributed by atoms with Gasteiger partial charge >= 0.3 is 0 Å². The molecular formula is C22H14O4P2. The molecule has 4 aromatic carbocycles. The van der Waals surface area contributed by atoms with Crippen molar-refractivity contribution in [1.29, 1.82) is 0 Å². The summed E-state index contributed by atoms with van der Waals surface area (Å²) < 4.78 is 27.3. The van der Waals surface area contributed by atoms with Gasteiger partial charge in [0, 0.05) is 32.0 Å². The van der Waals surface area contributed by atoms with Gasteiger partial charge in [0.25, 0.3) is 0 Å². The highest BCUT2D eigenvalue weighted by atomic mass is 31.2. The minimum Gasteiger partial charge on any atom is -0.506 e. The minimum atomic E-state index is -3.16. The minimum absolute atomic E-state index is 0.0794. The van der Waals surface area contributed by atoms with Crippen LogP contribution in [0.3, 0.4) is 0 Å². The summed E-state index contributed by atoms with van der Waals surface area (Å²) in [4.78, 5) is 0. The van der Waals surface area contributed by atoms with Crippen molar-refractivity contribution in [2.24, 2.45) is 0 Å². The number of rotatable bonds is 2. The zero-order valence-electron chi connectivity index (χ0n) is 14.5. The first-order valence-electron chi connectivity index (χ1n) is 8.89. The van der Waals surface area contributed by atoms with Crippen LogP contribution >= 0.6 is 14.3 Å². The summed E-state index contributed by atoms with van der Waals surface area (Å²) >= 11 is 0. The number of hydrogen-bond donors (Lipinski definition) is 2. The summed E-state index contributed by atoms with van der Waals surface area (Å²) in [5.74, 6) is -0.190. The van der Waals surface area contributed by atoms with Crippen LogP contribution in [-0.4, -0.2) is 10.2 Å². The second-order valence-electron chi connectivity index (χ2n) is 7.14. The van der Waals surface area contributed by atoms with E-state index >= 15 is 0 Å². The fraction of sp³-hybridized carbons (Fsp3) is 0. The Morgan fingerprint density at radius 3 is 1.71 bits per heavy atom. The zero-order chi connectivity index (χ0) is 19.3. The lowest BCUT2D eigenvalue weighted by molar-refractivity contribution is 0.478. The third-order valence-corrected chi connectivity index (χ3v) is 11.6. The molecule has 2 heterocycles. The molecule has 0 bridgehead atoms. The molecule has 6 rings (SSSR count). The van der Waals surface area contributed by atoms with E-state index in [0.29, 0.717) is 42.6 Å². The Labute approximate surface area is 160 Å². The Morgan fingerprint density at radius 1 is 0.571 bits per heavy atom. The van der Waals surface area contributed by atoms with Crippen molar-refractivity contribution >= 4 is 56.9 Å². The summed E-state index contributed by atoms with van der Waals surface area (Å²) in [5, 5.41) is 25.8. The Kier molecular flexibility index (Phi) is 2.87. The molecule has 136 valence electrons. The smallest absolute Gasteiger partial charge is 0.180 e. The molecule has 2 atom stereocenters. The third-order valence-electron chi connectivity index (χ3n) is 5.75. The van der Waals surface area contributed by atoms with Crippen molar-refractivity contribution in [2.45, 2.75) is 0 Å². The fourth-order valence-corrected chi connectivity index (χ4v) is 10.1. The molecule has 4 nitrogen and oxygen atoms in total. The number of aromatic hydroxyl groups is 2. The van der Waals surface area contributed by atoms with E-state index in [9.17, 15) is 19.3 Å². The molecule has 0 saturated carbocycles. The summed E-state index contributed by atoms with van der Waals surface area (Å²) in [5.41, 5.74) is 0. The monoisotopic (exact) mass is 404 g/mol. The van der Waals surface area contributed by atoms with Crippen molar-refractivity contribution < 1.29 is 19.3 Å². The van der Waals surface area contributed by atoms with Crippen LogP contribution < -0.4 is 31.8 Å². The van der Waals surface area contributed by atoms with Crippen LogP contribution in [0.5, 0.6) is 11.5 Å². The number of phenolic OH excluding ortho intramolecular Hbond substituents is 2. The van der Waals surface area contributed by atoms with E-state index in [1.165, 1.54) is 0 Å². The Balaban J connectivity index is 1.65. The van der Waals surface area contributed by atoms with Crippen molar-refractivity contribution in [1.82, 2.24) is 0 Å². The average Bonchev–Trinajstić information content (AvgIpc) is 3.59. The molecule has 0 aromatic heterocycles. The molecular weight excluding hydrogens is 390 g/mol. The fourth-order valence-electron chi connectivity index (χ4n) is 4.33. The second-order valence-corrected chi connectivity index (χ2v) is 12.4. The molecule has 2 aliphatic heterocycles. The zero-order valence-corrected chi connectivity index (χ0v) is 16.3. The summed E-state index contributed by atoms with van der Waals surface area (Å²) in [6, 6.07) is 21.4. The van der Waals surface area contributed by atoms with Gasteiger partial charge in [-0.3, -0.25) is 0 Å². The van der Waals surface area contributed by atoms with Gasteiger partial charge in [0.1, 0.15) is 11.5 Å². The first-order chi connectivity index (χ1) is 13.5. The summed E-state index contributed by atoms with van der Waals surface area (Å²) in [7, 11) is -6.09. The van der Waals surface area contributed by atoms with Gasteiger partial charge < -0.3 is 19.3 Å². The van der Waals surface area contributed by atoms with E-state index < -0.39 is 14.3 Å². The Morgan fingerprint density at radius 2 is 1.11 bits per heavy atom. The SMILES string of the molecule is O=P1(c2ccccc2)c2c1c(O)c1c3c(ccc1c2O)P3(=O)c1ccccc1. The molecule has 0 amide bonds. The van der Waals surface area contributed by atoms with Crippen LogP contribution in [-0.2, 0) is 9.13 Å². The maximum atomic E-state index is 13.7. The lowest BCUT2D eigenvalue weighted by Crippen LogP contribution is -2.01. The average molecular weight is 404 g/mol. The first-order valence-corrected chi connectivity index (χ1v) is 12.3. The number of fused-ring (bicyclic) bond motifs is 4. The number of hydrogen-bond acceptors (Lipinski definition) is 4. The molecule has 2 unspecified atom stereocenters. The van der Waals surface area contributed by atoms with Crippen molar-refractivity contribution in [2.75, 3.05) is 0 Å². The van der Waals surface area contributed by atoms with E-state index in [2.05, 4.69) is 0 Å². The number of phenols is 2. The van der Waals surface area contributed by atoms with Crippen LogP contribution in [0.4, 0.5) is 0 Å². The van der Waals surface area contributed by atoms with Gasteiger partial charge in [0.2, 0.25) is 0 Å². The molecule has 0 radical (unpaired) electrons. The topological polar surface area (TPSA) is 74.6 Å². The van der Waals surface area contributed by atoms with Crippen molar-refractivity contribution in [3.8, 4) is 11.5 Å². The van der Waals surface area contributed by atoms with E-state index in [0.717, 1.165) is 0 Å². The number of benzene rings is 4. The van der Waals surface area contributed by atoms with Gasteiger partial charge in [0.05, 0.1) is 10.6 Å². The van der Waals surface area contributed by atoms with Gasteiger partial charge in [-0.2, -0.15) is 0 Å². The quantitative estimate of drug-likeness (QED) is 0.343. The molecule has 0 fully saturated rings. The van der Waals surface area contributed by atoms with Crippen LogP contribution in [0.15, 0.2) is 72.8 Å². The molecule has 2 aliphatic rings. The molecule has 28 heavy (non-hydrogen) atoms. The van der Waals surface area contributed by atoms with E-state index in [1.54, 1.807) is 36.4 Å². The Hall–Kier alpha value is -2.80. The van der Waals surface area contributed by atoms with E-state index in [1.807, 2.05) is 36.4 Å². The van der Waals surface area contributed by atoms with Gasteiger partial charge in [-0.1, -0.05) is 60.7 Å². The predicted molar refractivity (Wildman–Crippen MR) is 113 cm³/mol. The van der Waals surface area contributed by atoms with Gasteiger partial charge in [0.15, 0.2) is 14.3 Å². The van der Waals surface area contributed by atoms with Gasteiger partial charge in [-0.05, 0) is 12.1 Å². The van der Waals surface area contributed by atoms with E-state index in [4.69, 9.17) is 0 Å². The maximum absolute atomic E-state index is 13.7. The molecule has 6 heteroatoms. The highest BCUT2D eigenvalue weighted by Gasteiger charge is 2.57. The Bertz CT molecular complexity index is 1430. The normalized spacial score (nSPS) is 23.9. The van der Waals surface area contributed by atoms with Crippen LogP contribution in [0.2, 0.25) is 0 Å². The largest absolute Gasteiger partial charge is 0.506 e. The summed E-state index contributed by atoms with van der Waals surface area (Å²) in [6.07, 6.45) is 0. The predicted octanol–water partition coefficient (Wildman–Crippen LogP) is 2.16. The van der Waals surface area contributed by atoms with E-state index in [-0.39, 0.29) is 11.5 Å². The standard InChI is InChI=1S/C22H14O4P2/c23-18-15-11-12-16-20(27(16,25)13-7-3-1-4-8-13)17(15)19(24)22-21(18)28(22,26)14-9-5-2-6-10-14/h1-12,23-24H. The van der Waals surface area contributed by atoms with Gasteiger partial charge in [-0.15, -0.1) is 0 Å². The molecule has 4 aromatic rings. The van der Waals surface area contributed by atoms with Crippen LogP contribution in [0.1, 0.15) is 0 Å². The van der Waals surface area contributed by atoms with Crippen molar-refractivity contribution in [3.05, 3.63) is 72.8 Å². The third kappa shape index (κ3) is 1.69. The lowest BCUT2D eigenvalue weighted by atomic mass is 10.1. The highest BCUT2D eigenvalue weighted by molar-refractivity contribution is 7.96. The lowest BCUT2D eigenvalue weighted by Gasteiger charge is -2.01. The van der Waals surface area contributed by atoms with Crippen LogP contribution in [0, 0.1) is 0 Å². The summed E-state index contributed by atoms with van der Waals surface area (Å²) in [6.45, 7) is 0.